The molecular formula is C15H20F3N3O. The summed E-state index contributed by atoms with van der Waals surface area (Å²) in [6.07, 6.45) is -1.34. The molecule has 2 N–H and O–H groups in total. The molecule has 2 rings (SSSR count). The summed E-state index contributed by atoms with van der Waals surface area (Å²) in [5.41, 5.74) is -0.698. The number of aryl methyl sites for hydroxylation is 1. The van der Waals surface area contributed by atoms with Crippen molar-refractivity contribution >= 4 is 5.91 Å². The van der Waals surface area contributed by atoms with Crippen LogP contribution in [0.3, 0.4) is 0 Å². The molecule has 1 aromatic heterocycles. The van der Waals surface area contributed by atoms with E-state index in [2.05, 4.69) is 15.6 Å². The van der Waals surface area contributed by atoms with Crippen LogP contribution in [-0.4, -0.2) is 30.5 Å². The standard InChI is InChI=1S/C15H20F3N3O/c1-10-12(4-5-13(21-10)15(16,17)18)14(22)20-8-6-11-3-2-7-19-9-11/h4-5,11,19H,2-3,6-9H2,1H3,(H,20,22). The van der Waals surface area contributed by atoms with E-state index in [1.165, 1.54) is 13.0 Å². The van der Waals surface area contributed by atoms with Crippen molar-refractivity contribution in [2.45, 2.75) is 32.4 Å². The quantitative estimate of drug-likeness (QED) is 0.898. The van der Waals surface area contributed by atoms with Crippen LogP contribution >= 0.6 is 0 Å². The molecule has 1 unspecified atom stereocenters. The van der Waals surface area contributed by atoms with Crippen LogP contribution in [0, 0.1) is 12.8 Å². The zero-order valence-electron chi connectivity index (χ0n) is 12.5. The molecule has 2 heterocycles. The number of pyridine rings is 1. The average Bonchev–Trinajstić information content (AvgIpc) is 2.47. The first-order valence-corrected chi connectivity index (χ1v) is 7.41. The minimum Gasteiger partial charge on any atom is -0.352 e. The Balaban J connectivity index is 1.89. The minimum absolute atomic E-state index is 0.0895. The summed E-state index contributed by atoms with van der Waals surface area (Å²) in [4.78, 5) is 15.5. The van der Waals surface area contributed by atoms with E-state index >= 15 is 0 Å². The van der Waals surface area contributed by atoms with Crippen molar-refractivity contribution in [3.8, 4) is 0 Å². The van der Waals surface area contributed by atoms with Gasteiger partial charge in [-0.05, 0) is 57.3 Å². The molecule has 1 aliphatic heterocycles. The fourth-order valence-electron chi connectivity index (χ4n) is 2.61. The summed E-state index contributed by atoms with van der Waals surface area (Å²) < 4.78 is 37.6. The van der Waals surface area contributed by atoms with Gasteiger partial charge in [0, 0.05) is 6.54 Å². The van der Waals surface area contributed by atoms with Crippen molar-refractivity contribution < 1.29 is 18.0 Å². The zero-order chi connectivity index (χ0) is 16.2. The molecule has 1 saturated heterocycles. The highest BCUT2D eigenvalue weighted by molar-refractivity contribution is 5.95. The van der Waals surface area contributed by atoms with Gasteiger partial charge in [0.05, 0.1) is 11.3 Å². The van der Waals surface area contributed by atoms with Crippen LogP contribution in [0.2, 0.25) is 0 Å². The number of amides is 1. The van der Waals surface area contributed by atoms with Crippen LogP contribution in [0.4, 0.5) is 13.2 Å². The third kappa shape index (κ3) is 4.43. The SMILES string of the molecule is Cc1nc(C(F)(F)F)ccc1C(=O)NCCC1CCCNC1. The molecule has 1 aliphatic rings. The minimum atomic E-state index is -4.49. The maximum absolute atomic E-state index is 12.5. The van der Waals surface area contributed by atoms with Gasteiger partial charge in [0.25, 0.3) is 5.91 Å². The average molecular weight is 315 g/mol. The second-order valence-corrected chi connectivity index (χ2v) is 5.58. The van der Waals surface area contributed by atoms with Crippen LogP contribution in [0.1, 0.15) is 41.0 Å². The van der Waals surface area contributed by atoms with Crippen molar-refractivity contribution in [2.24, 2.45) is 5.92 Å². The van der Waals surface area contributed by atoms with Gasteiger partial charge in [-0.2, -0.15) is 13.2 Å². The molecule has 0 bridgehead atoms. The molecule has 1 fully saturated rings. The van der Waals surface area contributed by atoms with Gasteiger partial charge in [0.2, 0.25) is 0 Å². The van der Waals surface area contributed by atoms with Crippen molar-refractivity contribution in [1.82, 2.24) is 15.6 Å². The van der Waals surface area contributed by atoms with E-state index in [9.17, 15) is 18.0 Å². The number of nitrogens with zero attached hydrogens (tertiary/aromatic N) is 1. The number of halogens is 3. The summed E-state index contributed by atoms with van der Waals surface area (Å²) >= 11 is 0. The smallest absolute Gasteiger partial charge is 0.352 e. The Hall–Kier alpha value is -1.63. The lowest BCUT2D eigenvalue weighted by atomic mass is 9.96. The maximum Gasteiger partial charge on any atom is 0.433 e. The Morgan fingerprint density at radius 3 is 2.82 bits per heavy atom. The van der Waals surface area contributed by atoms with E-state index < -0.39 is 11.9 Å². The van der Waals surface area contributed by atoms with Crippen LogP contribution in [-0.2, 0) is 6.18 Å². The number of hydrogen-bond donors (Lipinski definition) is 2. The number of piperidine rings is 1. The first kappa shape index (κ1) is 16.7. The van der Waals surface area contributed by atoms with E-state index in [1.54, 1.807) is 0 Å². The molecule has 0 aromatic carbocycles. The van der Waals surface area contributed by atoms with Gasteiger partial charge in [-0.1, -0.05) is 0 Å². The van der Waals surface area contributed by atoms with Gasteiger partial charge in [0.15, 0.2) is 0 Å². The van der Waals surface area contributed by atoms with Crippen LogP contribution in [0.25, 0.3) is 0 Å². The zero-order valence-corrected chi connectivity index (χ0v) is 12.5. The summed E-state index contributed by atoms with van der Waals surface area (Å²) in [5.74, 6) is 0.170. The second kappa shape index (κ2) is 7.09. The Labute approximate surface area is 127 Å². The molecule has 7 heteroatoms. The first-order valence-electron chi connectivity index (χ1n) is 7.41. The topological polar surface area (TPSA) is 54.0 Å². The van der Waals surface area contributed by atoms with E-state index in [1.807, 2.05) is 0 Å². The van der Waals surface area contributed by atoms with Crippen molar-refractivity contribution in [1.29, 1.82) is 0 Å². The highest BCUT2D eigenvalue weighted by Crippen LogP contribution is 2.28. The molecule has 1 aromatic rings. The summed E-state index contributed by atoms with van der Waals surface area (Å²) in [5, 5.41) is 6.06. The normalized spacial score (nSPS) is 19.0. The number of nitrogens with one attached hydrogen (secondary N) is 2. The molecule has 22 heavy (non-hydrogen) atoms. The predicted molar refractivity (Wildman–Crippen MR) is 76.5 cm³/mol. The van der Waals surface area contributed by atoms with Gasteiger partial charge in [-0.3, -0.25) is 4.79 Å². The summed E-state index contributed by atoms with van der Waals surface area (Å²) in [6.45, 7) is 3.93. The molecule has 1 amide bonds. The fourth-order valence-corrected chi connectivity index (χ4v) is 2.61. The highest BCUT2D eigenvalue weighted by Gasteiger charge is 2.33. The van der Waals surface area contributed by atoms with E-state index in [-0.39, 0.29) is 17.2 Å². The summed E-state index contributed by atoms with van der Waals surface area (Å²) in [7, 11) is 0. The van der Waals surface area contributed by atoms with E-state index in [0.29, 0.717) is 12.5 Å². The molecule has 0 radical (unpaired) electrons. The van der Waals surface area contributed by atoms with Gasteiger partial charge in [-0.25, -0.2) is 4.98 Å². The van der Waals surface area contributed by atoms with Crippen molar-refractivity contribution in [3.05, 3.63) is 29.1 Å². The van der Waals surface area contributed by atoms with Gasteiger partial charge < -0.3 is 10.6 Å². The van der Waals surface area contributed by atoms with Gasteiger partial charge >= 0.3 is 6.18 Å². The lowest BCUT2D eigenvalue weighted by molar-refractivity contribution is -0.141. The number of aromatic nitrogens is 1. The van der Waals surface area contributed by atoms with Gasteiger partial charge in [-0.15, -0.1) is 0 Å². The van der Waals surface area contributed by atoms with E-state index in [0.717, 1.165) is 38.4 Å². The number of carbonyl (C=O) groups excluding carboxylic acids is 1. The fraction of sp³-hybridized carbons (Fsp3) is 0.600. The van der Waals surface area contributed by atoms with Crippen molar-refractivity contribution in [2.75, 3.05) is 19.6 Å². The molecule has 0 aliphatic carbocycles. The number of hydrogen-bond acceptors (Lipinski definition) is 3. The number of rotatable bonds is 4. The largest absolute Gasteiger partial charge is 0.433 e. The molecule has 0 saturated carbocycles. The molecule has 4 nitrogen and oxygen atoms in total. The predicted octanol–water partition coefficient (Wildman–Crippen LogP) is 2.53. The third-order valence-corrected chi connectivity index (χ3v) is 3.86. The Bertz CT molecular complexity index is 525. The Kier molecular flexibility index (Phi) is 5.39. The third-order valence-electron chi connectivity index (χ3n) is 3.86. The number of carbonyl (C=O) groups is 1. The second-order valence-electron chi connectivity index (χ2n) is 5.58. The lowest BCUT2D eigenvalue weighted by Gasteiger charge is -2.22. The van der Waals surface area contributed by atoms with E-state index in [4.69, 9.17) is 0 Å². The monoisotopic (exact) mass is 315 g/mol. The molecule has 1 atom stereocenters. The van der Waals surface area contributed by atoms with Crippen LogP contribution in [0.15, 0.2) is 12.1 Å². The Morgan fingerprint density at radius 1 is 1.45 bits per heavy atom. The van der Waals surface area contributed by atoms with Crippen LogP contribution < -0.4 is 10.6 Å². The molecule has 122 valence electrons. The summed E-state index contributed by atoms with van der Waals surface area (Å²) in [6, 6.07) is 2.02. The van der Waals surface area contributed by atoms with Crippen LogP contribution in [0.5, 0.6) is 0 Å². The van der Waals surface area contributed by atoms with Crippen molar-refractivity contribution in [3.63, 3.8) is 0 Å². The lowest BCUT2D eigenvalue weighted by Crippen LogP contribution is -2.33. The number of alkyl halides is 3. The highest BCUT2D eigenvalue weighted by atomic mass is 19.4. The molecular weight excluding hydrogens is 295 g/mol. The maximum atomic E-state index is 12.5. The molecule has 0 spiro atoms. The first-order chi connectivity index (χ1) is 10.4. The Morgan fingerprint density at radius 2 is 2.23 bits per heavy atom. The van der Waals surface area contributed by atoms with Gasteiger partial charge in [0.1, 0.15) is 5.69 Å².